The predicted molar refractivity (Wildman–Crippen MR) is 64.3 cm³/mol. The molecule has 3 aromatic rings. The van der Waals surface area contributed by atoms with Gasteiger partial charge in [0.15, 0.2) is 10.7 Å². The molecule has 1 aromatic carbocycles. The average Bonchev–Trinajstić information content (AvgIpc) is 2.56. The van der Waals surface area contributed by atoms with Crippen molar-refractivity contribution in [1.29, 1.82) is 0 Å². The van der Waals surface area contributed by atoms with Crippen molar-refractivity contribution in [3.63, 3.8) is 0 Å². The summed E-state index contributed by atoms with van der Waals surface area (Å²) in [5.74, 6) is 0. The molecule has 2 aromatic heterocycles. The second kappa shape index (κ2) is 3.48. The molecule has 0 atom stereocenters. The summed E-state index contributed by atoms with van der Waals surface area (Å²) in [6, 6.07) is 5.26. The molecule has 16 heavy (non-hydrogen) atoms. The Labute approximate surface area is 105 Å². The number of fused-ring (bicyclic) bond motifs is 3. The molecule has 2 heterocycles. The molecule has 80 valence electrons. The van der Waals surface area contributed by atoms with E-state index in [1.54, 1.807) is 12.1 Å². The summed E-state index contributed by atoms with van der Waals surface area (Å²) < 4.78 is 5.52. The molecule has 0 aliphatic rings. The zero-order chi connectivity index (χ0) is 11.3. The van der Waals surface area contributed by atoms with E-state index in [9.17, 15) is 0 Å². The second-order valence-electron chi connectivity index (χ2n) is 3.20. The Kier molecular flexibility index (Phi) is 2.21. The van der Waals surface area contributed by atoms with Crippen molar-refractivity contribution in [2.24, 2.45) is 0 Å². The third-order valence-electron chi connectivity index (χ3n) is 2.21. The summed E-state index contributed by atoms with van der Waals surface area (Å²) in [7, 11) is 0. The van der Waals surface area contributed by atoms with Crippen molar-refractivity contribution in [3.05, 3.63) is 33.7 Å². The molecule has 0 fully saturated rings. The molecule has 0 spiro atoms. The molecule has 0 unspecified atom stereocenters. The fourth-order valence-corrected chi connectivity index (χ4v) is 2.14. The van der Waals surface area contributed by atoms with Crippen molar-refractivity contribution in [1.82, 2.24) is 9.97 Å². The maximum Gasteiger partial charge on any atom is 0.224 e. The number of aromatic nitrogens is 2. The number of benzene rings is 1. The van der Waals surface area contributed by atoms with Gasteiger partial charge in [-0.3, -0.25) is 0 Å². The van der Waals surface area contributed by atoms with Gasteiger partial charge in [-0.05, 0) is 23.7 Å². The van der Waals surface area contributed by atoms with Crippen LogP contribution in [0.25, 0.3) is 22.1 Å². The van der Waals surface area contributed by atoms with Crippen LogP contribution in [0.15, 0.2) is 22.6 Å². The highest BCUT2D eigenvalue weighted by atomic mass is 35.5. The average molecular weight is 274 g/mol. The first kappa shape index (κ1) is 10.1. The van der Waals surface area contributed by atoms with Gasteiger partial charge < -0.3 is 4.42 Å². The Hall–Kier alpha value is -1.03. The monoisotopic (exact) mass is 272 g/mol. The van der Waals surface area contributed by atoms with Gasteiger partial charge in [0, 0.05) is 16.5 Å². The maximum absolute atomic E-state index is 5.91. The lowest BCUT2D eigenvalue weighted by Gasteiger charge is -1.92. The van der Waals surface area contributed by atoms with Crippen LogP contribution in [0.2, 0.25) is 15.5 Å². The molecule has 0 radical (unpaired) electrons. The topological polar surface area (TPSA) is 38.9 Å². The molecule has 0 saturated heterocycles. The summed E-state index contributed by atoms with van der Waals surface area (Å²) in [6.45, 7) is 0. The van der Waals surface area contributed by atoms with E-state index in [2.05, 4.69) is 9.97 Å². The summed E-state index contributed by atoms with van der Waals surface area (Å²) in [4.78, 5) is 7.90. The van der Waals surface area contributed by atoms with Crippen LogP contribution in [0.5, 0.6) is 0 Å². The normalized spacial score (nSPS) is 11.4. The molecule has 0 N–H and O–H groups in total. The number of hydrogen-bond donors (Lipinski definition) is 0. The number of halogens is 3. The van der Waals surface area contributed by atoms with Crippen molar-refractivity contribution < 1.29 is 4.42 Å². The Balaban J connectivity index is 2.55. The van der Waals surface area contributed by atoms with Crippen molar-refractivity contribution in [2.75, 3.05) is 0 Å². The fourth-order valence-electron chi connectivity index (χ4n) is 1.56. The molecule has 3 nitrogen and oxygen atoms in total. The van der Waals surface area contributed by atoms with Gasteiger partial charge in [-0.25, -0.2) is 9.97 Å². The summed E-state index contributed by atoms with van der Waals surface area (Å²) in [5, 5.41) is 1.69. The van der Waals surface area contributed by atoms with Crippen LogP contribution in [0.4, 0.5) is 0 Å². The molecule has 0 saturated carbocycles. The van der Waals surface area contributed by atoms with Crippen LogP contribution < -0.4 is 0 Å². The number of nitrogens with zero attached hydrogens (tertiary/aromatic N) is 2. The quantitative estimate of drug-likeness (QED) is 0.452. The zero-order valence-electron chi connectivity index (χ0n) is 7.67. The van der Waals surface area contributed by atoms with E-state index >= 15 is 0 Å². The number of hydrogen-bond acceptors (Lipinski definition) is 3. The lowest BCUT2D eigenvalue weighted by atomic mass is 10.2. The van der Waals surface area contributed by atoms with E-state index in [1.165, 1.54) is 0 Å². The minimum Gasteiger partial charge on any atom is -0.451 e. The van der Waals surface area contributed by atoms with E-state index in [0.29, 0.717) is 21.7 Å². The highest BCUT2D eigenvalue weighted by Gasteiger charge is 2.13. The van der Waals surface area contributed by atoms with Crippen molar-refractivity contribution in [3.8, 4) is 0 Å². The predicted octanol–water partition coefficient (Wildman–Crippen LogP) is 4.34. The van der Waals surface area contributed by atoms with Gasteiger partial charge in [0.25, 0.3) is 0 Å². The van der Waals surface area contributed by atoms with E-state index < -0.39 is 0 Å². The van der Waals surface area contributed by atoms with Crippen molar-refractivity contribution >= 4 is 56.9 Å². The van der Waals surface area contributed by atoms with Crippen LogP contribution in [0, 0.1) is 0 Å². The van der Waals surface area contributed by atoms with E-state index in [1.807, 2.05) is 6.07 Å². The Morgan fingerprint density at radius 2 is 1.88 bits per heavy atom. The Morgan fingerprint density at radius 1 is 1.06 bits per heavy atom. The van der Waals surface area contributed by atoms with E-state index in [-0.39, 0.29) is 10.4 Å². The maximum atomic E-state index is 5.91. The zero-order valence-corrected chi connectivity index (χ0v) is 9.94. The van der Waals surface area contributed by atoms with Crippen LogP contribution in [-0.2, 0) is 0 Å². The summed E-state index contributed by atoms with van der Waals surface area (Å²) >= 11 is 17.5. The smallest absolute Gasteiger partial charge is 0.224 e. The molecule has 0 amide bonds. The molecule has 0 aliphatic heterocycles. The van der Waals surface area contributed by atoms with Crippen LogP contribution in [-0.4, -0.2) is 9.97 Å². The minimum absolute atomic E-state index is 0.0927. The SMILES string of the molecule is Clc1ccc2c(c1)oc1c(Cl)nc(Cl)nc12. The summed E-state index contributed by atoms with van der Waals surface area (Å²) in [5.41, 5.74) is 1.63. The molecular weight excluding hydrogens is 270 g/mol. The standard InChI is InChI=1S/C10H3Cl3N2O/c11-4-1-2-5-6(3-4)16-8-7(5)14-10(13)15-9(8)12/h1-3H. The first-order valence-corrected chi connectivity index (χ1v) is 5.49. The molecule has 3 rings (SSSR count). The molecule has 0 aliphatic carbocycles. The van der Waals surface area contributed by atoms with Gasteiger partial charge in [0.05, 0.1) is 0 Å². The summed E-state index contributed by atoms with van der Waals surface area (Å²) in [6.07, 6.45) is 0. The number of furan rings is 1. The minimum atomic E-state index is 0.0927. The third kappa shape index (κ3) is 1.44. The largest absolute Gasteiger partial charge is 0.451 e. The van der Waals surface area contributed by atoms with Crippen LogP contribution in [0.1, 0.15) is 0 Å². The lowest BCUT2D eigenvalue weighted by Crippen LogP contribution is -1.82. The highest BCUT2D eigenvalue weighted by Crippen LogP contribution is 2.32. The molecular formula is C10H3Cl3N2O. The van der Waals surface area contributed by atoms with Gasteiger partial charge in [-0.2, -0.15) is 0 Å². The van der Waals surface area contributed by atoms with Crippen molar-refractivity contribution in [2.45, 2.75) is 0 Å². The van der Waals surface area contributed by atoms with Gasteiger partial charge in [0.2, 0.25) is 5.28 Å². The third-order valence-corrected chi connectivity index (χ3v) is 2.87. The van der Waals surface area contributed by atoms with Gasteiger partial charge in [0.1, 0.15) is 11.1 Å². The fraction of sp³-hybridized carbons (Fsp3) is 0. The van der Waals surface area contributed by atoms with Crippen LogP contribution >= 0.6 is 34.8 Å². The van der Waals surface area contributed by atoms with Gasteiger partial charge in [-0.1, -0.05) is 23.2 Å². The van der Waals surface area contributed by atoms with E-state index in [4.69, 9.17) is 39.2 Å². The first-order chi connectivity index (χ1) is 7.65. The Morgan fingerprint density at radius 3 is 2.69 bits per heavy atom. The molecule has 6 heteroatoms. The molecule has 0 bridgehead atoms. The van der Waals surface area contributed by atoms with Gasteiger partial charge >= 0.3 is 0 Å². The van der Waals surface area contributed by atoms with E-state index in [0.717, 1.165) is 5.39 Å². The Bertz CT molecular complexity index is 708. The van der Waals surface area contributed by atoms with Crippen LogP contribution in [0.3, 0.4) is 0 Å². The lowest BCUT2D eigenvalue weighted by molar-refractivity contribution is 0.666. The number of rotatable bonds is 0. The second-order valence-corrected chi connectivity index (χ2v) is 4.34. The first-order valence-electron chi connectivity index (χ1n) is 4.36. The van der Waals surface area contributed by atoms with Gasteiger partial charge in [-0.15, -0.1) is 0 Å². The highest BCUT2D eigenvalue weighted by molar-refractivity contribution is 6.36.